The number of carbonyl (C=O) groups is 4. The molecular weight excluding hydrogens is 696 g/mol. The summed E-state index contributed by atoms with van der Waals surface area (Å²) >= 11 is 7.04. The van der Waals surface area contributed by atoms with Crippen molar-refractivity contribution in [3.05, 3.63) is 81.7 Å². The molecule has 0 saturated heterocycles. The number of hydrogen-bond acceptors (Lipinski definition) is 6. The van der Waals surface area contributed by atoms with E-state index in [0.717, 1.165) is 30.5 Å². The Balaban J connectivity index is 0.984. The van der Waals surface area contributed by atoms with E-state index < -0.39 is 11.8 Å². The van der Waals surface area contributed by atoms with Crippen LogP contribution in [-0.2, 0) is 19.2 Å². The zero-order chi connectivity index (χ0) is 31.1. The number of amides is 4. The lowest BCUT2D eigenvalue weighted by Gasteiger charge is -2.27. The molecule has 44 heavy (non-hydrogen) atoms. The highest BCUT2D eigenvalue weighted by molar-refractivity contribution is 9.11. The normalized spacial score (nSPS) is 16.1. The van der Waals surface area contributed by atoms with Gasteiger partial charge in [0.25, 0.3) is 11.8 Å². The molecule has 0 aliphatic heterocycles. The van der Waals surface area contributed by atoms with Crippen LogP contribution in [0.4, 0.5) is 0 Å². The fourth-order valence-electron chi connectivity index (χ4n) is 5.09. The van der Waals surface area contributed by atoms with E-state index in [4.69, 9.17) is 9.47 Å². The first-order valence-corrected chi connectivity index (χ1v) is 15.7. The van der Waals surface area contributed by atoms with Gasteiger partial charge in [-0.3, -0.25) is 40.9 Å². The Morgan fingerprint density at radius 2 is 0.955 bits per heavy atom. The molecule has 0 heterocycles. The lowest BCUT2D eigenvalue weighted by molar-refractivity contribution is -0.135. The van der Waals surface area contributed by atoms with Crippen LogP contribution in [0.5, 0.6) is 11.5 Å². The van der Waals surface area contributed by atoms with Crippen molar-refractivity contribution in [1.82, 2.24) is 21.7 Å². The second-order valence-corrected chi connectivity index (χ2v) is 12.0. The SMILES string of the molecule is O=C(COc1ccc2ccccc2c1Br)NNC(=O)C1CCC(C(=O)NNC(=O)COc2ccc3ccccc3c2Br)CC1. The van der Waals surface area contributed by atoms with Crippen LogP contribution >= 0.6 is 31.9 Å². The predicted molar refractivity (Wildman–Crippen MR) is 172 cm³/mol. The van der Waals surface area contributed by atoms with Crippen molar-refractivity contribution in [3.63, 3.8) is 0 Å². The van der Waals surface area contributed by atoms with Crippen molar-refractivity contribution < 1.29 is 28.7 Å². The van der Waals surface area contributed by atoms with Gasteiger partial charge in [-0.2, -0.15) is 0 Å². The van der Waals surface area contributed by atoms with Gasteiger partial charge in [-0.15, -0.1) is 0 Å². The van der Waals surface area contributed by atoms with Crippen molar-refractivity contribution in [2.45, 2.75) is 25.7 Å². The smallest absolute Gasteiger partial charge is 0.276 e. The molecule has 1 aliphatic carbocycles. The zero-order valence-corrected chi connectivity index (χ0v) is 26.7. The molecule has 10 nitrogen and oxygen atoms in total. The van der Waals surface area contributed by atoms with Crippen LogP contribution in [0.15, 0.2) is 81.7 Å². The average molecular weight is 726 g/mol. The summed E-state index contributed by atoms with van der Waals surface area (Å²) < 4.78 is 12.7. The maximum absolute atomic E-state index is 12.6. The Bertz CT molecular complexity index is 1580. The molecule has 4 aromatic rings. The molecule has 0 aromatic heterocycles. The summed E-state index contributed by atoms with van der Waals surface area (Å²) in [7, 11) is 0. The number of hydrazine groups is 2. The van der Waals surface area contributed by atoms with Gasteiger partial charge in [0.15, 0.2) is 13.2 Å². The van der Waals surface area contributed by atoms with E-state index >= 15 is 0 Å². The first-order valence-electron chi connectivity index (χ1n) is 14.1. The average Bonchev–Trinajstić information content (AvgIpc) is 3.05. The molecule has 228 valence electrons. The maximum atomic E-state index is 12.6. The first-order chi connectivity index (χ1) is 21.3. The molecule has 4 N–H and O–H groups in total. The summed E-state index contributed by atoms with van der Waals surface area (Å²) in [6, 6.07) is 22.9. The van der Waals surface area contributed by atoms with Gasteiger partial charge in [-0.1, -0.05) is 60.7 Å². The van der Waals surface area contributed by atoms with Crippen molar-refractivity contribution in [3.8, 4) is 11.5 Å². The van der Waals surface area contributed by atoms with Crippen molar-refractivity contribution in [2.75, 3.05) is 13.2 Å². The van der Waals surface area contributed by atoms with Crippen LogP contribution in [0.1, 0.15) is 25.7 Å². The Hall–Kier alpha value is -4.16. The number of benzene rings is 4. The minimum absolute atomic E-state index is 0.277. The van der Waals surface area contributed by atoms with Gasteiger partial charge >= 0.3 is 0 Å². The number of rotatable bonds is 8. The van der Waals surface area contributed by atoms with Crippen molar-refractivity contribution in [2.24, 2.45) is 11.8 Å². The Kier molecular flexibility index (Phi) is 10.3. The molecule has 0 spiro atoms. The largest absolute Gasteiger partial charge is 0.483 e. The summed E-state index contributed by atoms with van der Waals surface area (Å²) in [5.74, 6) is -1.31. The van der Waals surface area contributed by atoms with E-state index in [9.17, 15) is 19.2 Å². The second-order valence-electron chi connectivity index (χ2n) is 10.4. The molecule has 1 aliphatic rings. The quantitative estimate of drug-likeness (QED) is 0.187. The van der Waals surface area contributed by atoms with Gasteiger partial charge in [0.2, 0.25) is 11.8 Å². The highest BCUT2D eigenvalue weighted by Crippen LogP contribution is 2.34. The van der Waals surface area contributed by atoms with Crippen LogP contribution in [0.3, 0.4) is 0 Å². The molecule has 0 radical (unpaired) electrons. The van der Waals surface area contributed by atoms with E-state index in [0.29, 0.717) is 37.2 Å². The predicted octanol–water partition coefficient (Wildman–Crippen LogP) is 5.08. The molecule has 4 aromatic carbocycles. The maximum Gasteiger partial charge on any atom is 0.276 e. The van der Waals surface area contributed by atoms with Gasteiger partial charge in [-0.05, 0) is 91.2 Å². The van der Waals surface area contributed by atoms with Crippen molar-refractivity contribution >= 4 is 77.0 Å². The van der Waals surface area contributed by atoms with E-state index in [2.05, 4.69) is 53.6 Å². The molecule has 5 rings (SSSR count). The number of fused-ring (bicyclic) bond motifs is 2. The summed E-state index contributed by atoms with van der Waals surface area (Å²) in [6.45, 7) is -0.555. The third-order valence-corrected chi connectivity index (χ3v) is 9.13. The minimum atomic E-state index is -0.501. The van der Waals surface area contributed by atoms with Gasteiger partial charge in [-0.25, -0.2) is 0 Å². The highest BCUT2D eigenvalue weighted by atomic mass is 79.9. The fraction of sp³-hybridized carbons (Fsp3) is 0.250. The molecule has 0 bridgehead atoms. The van der Waals surface area contributed by atoms with E-state index in [1.807, 2.05) is 60.7 Å². The van der Waals surface area contributed by atoms with E-state index in [-0.39, 0.29) is 36.9 Å². The topological polar surface area (TPSA) is 135 Å². The molecule has 4 amide bonds. The number of nitrogens with one attached hydrogen (secondary N) is 4. The highest BCUT2D eigenvalue weighted by Gasteiger charge is 2.30. The lowest BCUT2D eigenvalue weighted by atomic mass is 9.81. The lowest BCUT2D eigenvalue weighted by Crippen LogP contribution is -2.48. The number of halogens is 2. The number of hydrogen-bond donors (Lipinski definition) is 4. The van der Waals surface area contributed by atoms with Crippen LogP contribution in [0.25, 0.3) is 21.5 Å². The number of ether oxygens (including phenoxy) is 2. The first kappa shape index (κ1) is 31.3. The zero-order valence-electron chi connectivity index (χ0n) is 23.5. The summed E-state index contributed by atoms with van der Waals surface area (Å²) in [6.07, 6.45) is 1.86. The van der Waals surface area contributed by atoms with Crippen LogP contribution < -0.4 is 31.2 Å². The van der Waals surface area contributed by atoms with E-state index in [1.54, 1.807) is 12.1 Å². The molecule has 1 saturated carbocycles. The summed E-state index contributed by atoms with van der Waals surface area (Å²) in [4.78, 5) is 49.8. The van der Waals surface area contributed by atoms with Crippen molar-refractivity contribution in [1.29, 1.82) is 0 Å². The Morgan fingerprint density at radius 1 is 0.568 bits per heavy atom. The standard InChI is InChI=1S/C32H30Br2N4O6/c33-29-23-7-3-1-5-19(23)13-15-25(29)43-17-27(39)35-37-31(41)21-9-11-22(12-10-21)32(42)38-36-28(40)18-44-26-16-14-20-6-2-4-8-24(20)30(26)34/h1-8,13-16,21-22H,9-12,17-18H2,(H,35,39)(H,36,40)(H,37,41)(H,38,42). The molecule has 0 unspecified atom stereocenters. The van der Waals surface area contributed by atoms with Gasteiger partial charge in [0.05, 0.1) is 8.95 Å². The second kappa shape index (κ2) is 14.5. The fourth-order valence-corrected chi connectivity index (χ4v) is 6.31. The number of carbonyl (C=O) groups excluding carboxylic acids is 4. The Labute approximate surface area is 270 Å². The summed E-state index contributed by atoms with van der Waals surface area (Å²) in [5, 5.41) is 4.00. The van der Waals surface area contributed by atoms with Crippen LogP contribution in [0.2, 0.25) is 0 Å². The summed E-state index contributed by atoms with van der Waals surface area (Å²) in [5.41, 5.74) is 9.68. The molecule has 12 heteroatoms. The van der Waals surface area contributed by atoms with Gasteiger partial charge in [0, 0.05) is 11.8 Å². The molecule has 1 fully saturated rings. The molecular formula is C32H30Br2N4O6. The monoisotopic (exact) mass is 724 g/mol. The van der Waals surface area contributed by atoms with Crippen LogP contribution in [0, 0.1) is 11.8 Å². The van der Waals surface area contributed by atoms with Crippen LogP contribution in [-0.4, -0.2) is 36.8 Å². The third kappa shape index (κ3) is 7.67. The van der Waals surface area contributed by atoms with E-state index in [1.165, 1.54) is 0 Å². The third-order valence-electron chi connectivity index (χ3n) is 7.49. The van der Waals surface area contributed by atoms with Gasteiger partial charge < -0.3 is 9.47 Å². The Morgan fingerprint density at radius 3 is 1.36 bits per heavy atom. The minimum Gasteiger partial charge on any atom is -0.483 e. The van der Waals surface area contributed by atoms with Gasteiger partial charge in [0.1, 0.15) is 11.5 Å². The molecule has 0 atom stereocenters.